The first kappa shape index (κ1) is 34.0. The van der Waals surface area contributed by atoms with Gasteiger partial charge in [0.1, 0.15) is 16.8 Å². The molecule has 0 saturated heterocycles. The SMILES string of the molecule is CCCN(C)c1nccc(Nc2ccc(C=O)c3ccccc23)n1.COc1c(NC(C)=O)cc(C(C)(C)C)cc1NS(C)=O. The smallest absolute Gasteiger partial charge is 0.227 e. The average Bonchev–Trinajstić information content (AvgIpc) is 2.97. The van der Waals surface area contributed by atoms with E-state index in [4.69, 9.17) is 4.74 Å². The van der Waals surface area contributed by atoms with Crippen molar-refractivity contribution in [1.82, 2.24) is 9.97 Å². The van der Waals surface area contributed by atoms with Gasteiger partial charge in [-0.15, -0.1) is 0 Å². The van der Waals surface area contributed by atoms with Crippen LogP contribution >= 0.6 is 0 Å². The van der Waals surface area contributed by atoms with Crippen LogP contribution in [0, 0.1) is 0 Å². The van der Waals surface area contributed by atoms with E-state index < -0.39 is 11.0 Å². The van der Waals surface area contributed by atoms with Crippen molar-refractivity contribution in [1.29, 1.82) is 0 Å². The molecule has 0 spiro atoms. The minimum atomic E-state index is -1.23. The molecule has 0 aliphatic rings. The number of methoxy groups -OCH3 is 1. The highest BCUT2D eigenvalue weighted by Crippen LogP contribution is 2.38. The molecule has 4 rings (SSSR count). The molecule has 0 saturated carbocycles. The molecule has 0 aliphatic carbocycles. The van der Waals surface area contributed by atoms with Gasteiger partial charge in [-0.1, -0.05) is 52.0 Å². The summed E-state index contributed by atoms with van der Waals surface area (Å²) in [6.45, 7) is 10.7. The molecule has 3 N–H and O–H groups in total. The van der Waals surface area contributed by atoms with Crippen molar-refractivity contribution in [2.24, 2.45) is 0 Å². The maximum Gasteiger partial charge on any atom is 0.227 e. The summed E-state index contributed by atoms with van der Waals surface area (Å²) in [7, 11) is 2.27. The molecular weight excluding hydrogens is 576 g/mol. The molecule has 234 valence electrons. The van der Waals surface area contributed by atoms with Crippen molar-refractivity contribution < 1.29 is 18.5 Å². The maximum absolute atomic E-state index is 11.4. The van der Waals surface area contributed by atoms with Crippen LogP contribution in [0.2, 0.25) is 0 Å². The van der Waals surface area contributed by atoms with Gasteiger partial charge in [0.15, 0.2) is 12.0 Å². The Morgan fingerprint density at radius 3 is 2.32 bits per heavy atom. The monoisotopic (exact) mass is 618 g/mol. The third-order valence-electron chi connectivity index (χ3n) is 6.61. The van der Waals surface area contributed by atoms with Gasteiger partial charge in [0.2, 0.25) is 11.9 Å². The first-order valence-corrected chi connectivity index (χ1v) is 15.8. The van der Waals surface area contributed by atoms with E-state index in [0.29, 0.717) is 28.6 Å². The largest absolute Gasteiger partial charge is 0.492 e. The van der Waals surface area contributed by atoms with Crippen LogP contribution in [0.25, 0.3) is 10.8 Å². The number of hydrogen-bond donors (Lipinski definition) is 3. The van der Waals surface area contributed by atoms with Gasteiger partial charge in [-0.25, -0.2) is 9.19 Å². The van der Waals surface area contributed by atoms with Gasteiger partial charge in [-0.05, 0) is 53.1 Å². The fourth-order valence-electron chi connectivity index (χ4n) is 4.50. The number of amides is 1. The highest BCUT2D eigenvalue weighted by molar-refractivity contribution is 7.85. The Morgan fingerprint density at radius 2 is 1.73 bits per heavy atom. The lowest BCUT2D eigenvalue weighted by atomic mass is 9.86. The van der Waals surface area contributed by atoms with Crippen molar-refractivity contribution in [3.05, 3.63) is 71.9 Å². The number of rotatable bonds is 10. The van der Waals surface area contributed by atoms with Crippen LogP contribution in [0.3, 0.4) is 0 Å². The van der Waals surface area contributed by atoms with E-state index in [1.54, 1.807) is 12.5 Å². The Morgan fingerprint density at radius 1 is 1.05 bits per heavy atom. The van der Waals surface area contributed by atoms with E-state index in [1.807, 2.05) is 66.5 Å². The van der Waals surface area contributed by atoms with Gasteiger partial charge in [-0.3, -0.25) is 9.59 Å². The zero-order valence-corrected chi connectivity index (χ0v) is 27.5. The Hall–Kier alpha value is -4.51. The summed E-state index contributed by atoms with van der Waals surface area (Å²) in [6, 6.07) is 17.2. The highest BCUT2D eigenvalue weighted by atomic mass is 32.2. The van der Waals surface area contributed by atoms with Gasteiger partial charge in [0, 0.05) is 49.6 Å². The second kappa shape index (κ2) is 15.3. The van der Waals surface area contributed by atoms with Gasteiger partial charge < -0.3 is 25.0 Å². The number of carbonyl (C=O) groups is 2. The lowest BCUT2D eigenvalue weighted by molar-refractivity contribution is -0.114. The van der Waals surface area contributed by atoms with Crippen LogP contribution in [0.15, 0.2) is 60.8 Å². The summed E-state index contributed by atoms with van der Waals surface area (Å²) in [4.78, 5) is 33.5. The molecule has 0 fully saturated rings. The van der Waals surface area contributed by atoms with Crippen LogP contribution in [0.5, 0.6) is 5.75 Å². The van der Waals surface area contributed by atoms with Crippen LogP contribution < -0.4 is 25.0 Å². The summed E-state index contributed by atoms with van der Waals surface area (Å²) in [5, 5.41) is 8.01. The average molecular weight is 619 g/mol. The normalized spacial score (nSPS) is 11.5. The van der Waals surface area contributed by atoms with Crippen molar-refractivity contribution in [3.63, 3.8) is 0 Å². The lowest BCUT2D eigenvalue weighted by Crippen LogP contribution is -2.20. The van der Waals surface area contributed by atoms with Crippen LogP contribution in [-0.4, -0.2) is 53.3 Å². The number of nitrogens with one attached hydrogen (secondary N) is 3. The third kappa shape index (κ3) is 9.00. The van der Waals surface area contributed by atoms with Crippen LogP contribution in [-0.2, 0) is 21.2 Å². The van der Waals surface area contributed by atoms with Gasteiger partial charge in [-0.2, -0.15) is 4.98 Å². The van der Waals surface area contributed by atoms with E-state index in [9.17, 15) is 13.8 Å². The third-order valence-corrected chi connectivity index (χ3v) is 7.12. The predicted octanol–water partition coefficient (Wildman–Crippen LogP) is 6.69. The Kier molecular flexibility index (Phi) is 11.8. The number of ether oxygens (including phenoxy) is 1. The summed E-state index contributed by atoms with van der Waals surface area (Å²) in [6.07, 6.45) is 5.21. The standard InChI is InChI=1S/C19H20N4O.C14H22N2O3S/c1-3-12-23(2)19-20-11-10-18(22-19)21-17-9-8-14(13-24)15-6-4-5-7-16(15)17;1-9(17)15-11-7-10(14(2,3)4)8-12(13(11)19-5)16-20(6)18/h4-11,13H,3,12H2,1-2H3,(H,20,21,22);7-8,16H,1-6H3,(H,15,17). The Labute approximate surface area is 262 Å². The minimum absolute atomic E-state index is 0.106. The molecule has 1 atom stereocenters. The van der Waals surface area contributed by atoms with E-state index >= 15 is 0 Å². The summed E-state index contributed by atoms with van der Waals surface area (Å²) in [5.41, 5.74) is 3.67. The first-order valence-electron chi connectivity index (χ1n) is 14.3. The molecule has 3 aromatic carbocycles. The number of hydrogen-bond acceptors (Lipinski definition) is 8. The number of benzene rings is 3. The fourth-order valence-corrected chi connectivity index (χ4v) is 4.97. The summed E-state index contributed by atoms with van der Waals surface area (Å²) >= 11 is 0. The zero-order valence-electron chi connectivity index (χ0n) is 26.6. The quantitative estimate of drug-likeness (QED) is 0.168. The number of aldehydes is 1. The molecule has 1 aromatic heterocycles. The molecule has 1 heterocycles. The Bertz CT molecular complexity index is 1600. The first-order chi connectivity index (χ1) is 20.9. The van der Waals surface area contributed by atoms with Gasteiger partial charge >= 0.3 is 0 Å². The highest BCUT2D eigenvalue weighted by Gasteiger charge is 2.20. The van der Waals surface area contributed by atoms with Crippen molar-refractivity contribution in [2.45, 2.75) is 46.5 Å². The maximum atomic E-state index is 11.4. The van der Waals surface area contributed by atoms with Crippen molar-refractivity contribution >= 4 is 62.8 Å². The molecule has 10 nitrogen and oxygen atoms in total. The van der Waals surface area contributed by atoms with E-state index in [1.165, 1.54) is 14.0 Å². The summed E-state index contributed by atoms with van der Waals surface area (Å²) < 4.78 is 19.6. The van der Waals surface area contributed by atoms with E-state index in [2.05, 4.69) is 53.0 Å². The van der Waals surface area contributed by atoms with Crippen molar-refractivity contribution in [2.75, 3.05) is 47.2 Å². The number of carbonyl (C=O) groups excluding carboxylic acids is 2. The number of fused-ring (bicyclic) bond motifs is 1. The molecule has 44 heavy (non-hydrogen) atoms. The van der Waals surface area contributed by atoms with Crippen molar-refractivity contribution in [3.8, 4) is 5.75 Å². The molecule has 0 radical (unpaired) electrons. The molecule has 0 bridgehead atoms. The topological polar surface area (TPSA) is 126 Å². The second-order valence-corrected chi connectivity index (χ2v) is 12.4. The number of nitrogens with zero attached hydrogens (tertiary/aromatic N) is 3. The van der Waals surface area contributed by atoms with E-state index in [0.717, 1.165) is 47.1 Å². The molecule has 0 aliphatic heterocycles. The molecule has 4 aromatic rings. The van der Waals surface area contributed by atoms with Gasteiger partial charge in [0.05, 0.1) is 18.5 Å². The molecule has 11 heteroatoms. The van der Waals surface area contributed by atoms with Crippen LogP contribution in [0.4, 0.5) is 28.8 Å². The second-order valence-electron chi connectivity index (χ2n) is 11.2. The fraction of sp³-hybridized carbons (Fsp3) is 0.333. The minimum Gasteiger partial charge on any atom is -0.492 e. The molecule has 1 unspecified atom stereocenters. The summed E-state index contributed by atoms with van der Waals surface area (Å²) in [5.74, 6) is 1.71. The van der Waals surface area contributed by atoms with Gasteiger partial charge in [0.25, 0.3) is 0 Å². The molecule has 1 amide bonds. The van der Waals surface area contributed by atoms with Crippen LogP contribution in [0.1, 0.15) is 57.0 Å². The van der Waals surface area contributed by atoms with E-state index in [-0.39, 0.29) is 11.3 Å². The predicted molar refractivity (Wildman–Crippen MR) is 182 cm³/mol. The lowest BCUT2D eigenvalue weighted by Gasteiger charge is -2.23. The number of aromatic nitrogens is 2. The number of anilines is 5. The Balaban J connectivity index is 0.000000245. The molecular formula is C33H42N6O4S. The zero-order chi connectivity index (χ0) is 32.4.